The Morgan fingerprint density at radius 3 is 2.03 bits per heavy atom. The van der Waals surface area contributed by atoms with E-state index in [4.69, 9.17) is 37.9 Å². The smallest absolute Gasteiger partial charge is 0.317 e. The van der Waals surface area contributed by atoms with Crippen molar-refractivity contribution in [1.29, 1.82) is 0 Å². The molecule has 8 fully saturated rings. The third kappa shape index (κ3) is 8.15. The first-order chi connectivity index (χ1) is 31.1. The summed E-state index contributed by atoms with van der Waals surface area (Å²) in [4.78, 5) is 48.9. The SMILES string of the molecule is CC(=O)O[C@@H]1[C@@H](OC(C)=O)[C@H](O[C@H]2CC[C@]34C[C@]35CC[C@]3(C)[C@@H]([C@@]6(C)CC[C@@H](C(C)(C)O)O6)[C@@H](O)C[C@@]3(C)[C@@H]5C[C@H](O[C@@H]3O[C@H](CO)[C@@H](O)[C@H](O)[C@H]3O)[C@H]4C2(C)C)OC[C@H]1OC(=O)CC(=O)O. The first-order valence-corrected chi connectivity index (χ1v) is 24.2. The van der Waals surface area contributed by atoms with Gasteiger partial charge in [-0.05, 0) is 117 Å². The highest BCUT2D eigenvalue weighted by Crippen LogP contribution is 2.89. The van der Waals surface area contributed by atoms with E-state index >= 15 is 0 Å². The van der Waals surface area contributed by atoms with Crippen molar-refractivity contribution in [3.05, 3.63) is 0 Å². The summed E-state index contributed by atoms with van der Waals surface area (Å²) in [7, 11) is 0. The van der Waals surface area contributed by atoms with Crippen LogP contribution in [0.2, 0.25) is 0 Å². The van der Waals surface area contributed by atoms with Gasteiger partial charge in [-0.25, -0.2) is 0 Å². The van der Waals surface area contributed by atoms with Gasteiger partial charge in [0.15, 0.2) is 30.9 Å². The molecule has 5 saturated carbocycles. The Morgan fingerprint density at radius 2 is 1.42 bits per heavy atom. The Labute approximate surface area is 391 Å². The summed E-state index contributed by atoms with van der Waals surface area (Å²) in [6.45, 7) is 15.6. The topological polar surface area (TPSA) is 284 Å². The number of carbonyl (C=O) groups excluding carboxylic acids is 3. The van der Waals surface area contributed by atoms with Crippen molar-refractivity contribution in [2.45, 2.75) is 217 Å². The highest BCUT2D eigenvalue weighted by Gasteiger charge is 2.85. The van der Waals surface area contributed by atoms with E-state index < -0.39 is 138 Å². The molecule has 3 saturated heterocycles. The number of ether oxygens (including phenoxy) is 8. The van der Waals surface area contributed by atoms with Crippen LogP contribution in [0.25, 0.3) is 0 Å². The predicted molar refractivity (Wildman–Crippen MR) is 229 cm³/mol. The lowest BCUT2D eigenvalue weighted by Crippen LogP contribution is -2.65. The Bertz CT molecular complexity index is 1920. The zero-order chi connectivity index (χ0) is 49.2. The van der Waals surface area contributed by atoms with Gasteiger partial charge in [0.2, 0.25) is 0 Å². The molecule has 67 heavy (non-hydrogen) atoms. The van der Waals surface area contributed by atoms with Crippen LogP contribution < -0.4 is 0 Å². The fourth-order valence-electron chi connectivity index (χ4n) is 15.9. The second kappa shape index (κ2) is 17.3. The van der Waals surface area contributed by atoms with Crippen LogP contribution in [0.15, 0.2) is 0 Å². The zero-order valence-electron chi connectivity index (χ0n) is 40.3. The number of hydrogen-bond acceptors (Lipinski definition) is 18. The third-order valence-electron chi connectivity index (χ3n) is 18.7. The molecule has 0 bridgehead atoms. The second-order valence-corrected chi connectivity index (χ2v) is 23.3. The molecule has 0 aromatic carbocycles. The predicted octanol–water partition coefficient (Wildman–Crippen LogP) is 1.89. The van der Waals surface area contributed by atoms with E-state index in [2.05, 4.69) is 34.6 Å². The number of aliphatic hydroxyl groups excluding tert-OH is 5. The molecule has 0 aromatic heterocycles. The Hall–Kier alpha value is -2.56. The summed E-state index contributed by atoms with van der Waals surface area (Å²) in [5, 5.41) is 75.8. The van der Waals surface area contributed by atoms with Crippen LogP contribution in [-0.4, -0.2) is 164 Å². The van der Waals surface area contributed by atoms with Gasteiger partial charge < -0.3 is 73.6 Å². The minimum Gasteiger partial charge on any atom is -0.481 e. The summed E-state index contributed by atoms with van der Waals surface area (Å²) in [6, 6.07) is 0. The largest absolute Gasteiger partial charge is 0.481 e. The Kier molecular flexibility index (Phi) is 13.1. The fraction of sp³-hybridized carbons (Fsp3) is 0.917. The van der Waals surface area contributed by atoms with Gasteiger partial charge in [-0.15, -0.1) is 0 Å². The lowest BCUT2D eigenvalue weighted by atomic mass is 9.41. The number of esters is 3. The molecule has 8 aliphatic rings. The van der Waals surface area contributed by atoms with Gasteiger partial charge in [-0.1, -0.05) is 27.7 Å². The quantitative estimate of drug-likeness (QED) is 0.0636. The maximum absolute atomic E-state index is 12.6. The number of hydrogen-bond donors (Lipinski definition) is 7. The Balaban J connectivity index is 1.13. The summed E-state index contributed by atoms with van der Waals surface area (Å²) in [5.41, 5.74) is -3.87. The van der Waals surface area contributed by atoms with Gasteiger partial charge in [-0.3, -0.25) is 19.2 Å². The molecular formula is C48H74O19. The van der Waals surface area contributed by atoms with Gasteiger partial charge >= 0.3 is 23.9 Å². The summed E-state index contributed by atoms with van der Waals surface area (Å²) in [6.07, 6.45) is -10.4. The van der Waals surface area contributed by atoms with Crippen LogP contribution in [-0.2, 0) is 57.1 Å². The molecule has 5 aliphatic carbocycles. The lowest BCUT2D eigenvalue weighted by molar-refractivity contribution is -0.339. The van der Waals surface area contributed by atoms with Crippen molar-refractivity contribution < 1.29 is 92.8 Å². The lowest BCUT2D eigenvalue weighted by Gasteiger charge is -2.65. The van der Waals surface area contributed by atoms with Crippen molar-refractivity contribution in [3.8, 4) is 0 Å². The standard InChI is InChI=1S/C48H74O19/c1-22(50)61-36-27(63-32(55)17-31(53)54)20-60-41(37(36)62-23(2)51)66-29-11-13-48-21-47(48)15-14-44(7)38(46(9)12-10-30(67-46)43(5,6)59)24(52)18-45(44,8)28(47)16-25(39(48)42(29,3)4)64-40-35(58)34(57)33(56)26(19-49)65-40/h24-30,33-41,49,52,56-59H,10-21H2,1-9H3,(H,53,54)/t24-,25-,26+,27+,28-,29-,30-,33+,34-,35+,36-,37+,38-,39-,40+,41-,44+,45-,46+,47-,48+/m0/s1. The first kappa shape index (κ1) is 50.8. The van der Waals surface area contributed by atoms with Crippen molar-refractivity contribution in [3.63, 3.8) is 0 Å². The number of carboxylic acids is 1. The van der Waals surface area contributed by atoms with Crippen LogP contribution in [0.3, 0.4) is 0 Å². The summed E-state index contributed by atoms with van der Waals surface area (Å²) in [5.74, 6) is -4.63. The molecule has 2 spiro atoms. The minimum atomic E-state index is -1.68. The van der Waals surface area contributed by atoms with E-state index in [1.54, 1.807) is 13.8 Å². The van der Waals surface area contributed by atoms with Gasteiger partial charge in [0.05, 0.1) is 48.8 Å². The number of fused-ring (bicyclic) bond motifs is 2. The molecule has 0 unspecified atom stereocenters. The summed E-state index contributed by atoms with van der Waals surface area (Å²) >= 11 is 0. The first-order valence-electron chi connectivity index (χ1n) is 24.2. The van der Waals surface area contributed by atoms with Gasteiger partial charge in [0.1, 0.15) is 30.8 Å². The van der Waals surface area contributed by atoms with E-state index in [1.807, 2.05) is 0 Å². The molecule has 8 rings (SSSR count). The number of carbonyl (C=O) groups is 4. The maximum atomic E-state index is 12.6. The van der Waals surface area contributed by atoms with Crippen LogP contribution in [0.1, 0.15) is 127 Å². The van der Waals surface area contributed by atoms with Gasteiger partial charge in [0.25, 0.3) is 0 Å². The van der Waals surface area contributed by atoms with Crippen molar-refractivity contribution in [1.82, 2.24) is 0 Å². The molecule has 3 aliphatic heterocycles. The highest BCUT2D eigenvalue weighted by atomic mass is 16.7. The third-order valence-corrected chi connectivity index (χ3v) is 18.7. The van der Waals surface area contributed by atoms with Crippen LogP contribution in [0.4, 0.5) is 0 Å². The molecule has 21 atom stereocenters. The molecule has 0 radical (unpaired) electrons. The zero-order valence-corrected chi connectivity index (χ0v) is 40.3. The number of aliphatic hydroxyl groups is 6. The van der Waals surface area contributed by atoms with E-state index in [-0.39, 0.29) is 41.3 Å². The molecular weight excluding hydrogens is 881 g/mol. The number of aliphatic carboxylic acids is 1. The van der Waals surface area contributed by atoms with Gasteiger partial charge in [-0.2, -0.15) is 0 Å². The average molecular weight is 955 g/mol. The van der Waals surface area contributed by atoms with Crippen LogP contribution in [0, 0.1) is 44.8 Å². The van der Waals surface area contributed by atoms with E-state index in [0.717, 1.165) is 33.1 Å². The van der Waals surface area contributed by atoms with E-state index in [1.165, 1.54) is 0 Å². The van der Waals surface area contributed by atoms with Crippen LogP contribution in [0.5, 0.6) is 0 Å². The maximum Gasteiger partial charge on any atom is 0.317 e. The highest BCUT2D eigenvalue weighted by molar-refractivity contribution is 5.90. The molecule has 380 valence electrons. The fourth-order valence-corrected chi connectivity index (χ4v) is 15.9. The Morgan fingerprint density at radius 1 is 0.746 bits per heavy atom. The minimum absolute atomic E-state index is 0.00757. The summed E-state index contributed by atoms with van der Waals surface area (Å²) < 4.78 is 49.4. The van der Waals surface area contributed by atoms with Crippen molar-refractivity contribution in [2.24, 2.45) is 44.8 Å². The molecule has 3 heterocycles. The normalized spacial score (nSPS) is 49.9. The van der Waals surface area contributed by atoms with E-state index in [9.17, 15) is 54.9 Å². The van der Waals surface area contributed by atoms with Crippen molar-refractivity contribution >= 4 is 23.9 Å². The molecule has 19 heteroatoms. The van der Waals surface area contributed by atoms with E-state index in [0.29, 0.717) is 38.5 Å². The number of carboxylic acid groups (broad SMARTS) is 1. The molecule has 7 N–H and O–H groups in total. The van der Waals surface area contributed by atoms with Crippen LogP contribution >= 0.6 is 0 Å². The molecule has 0 amide bonds. The molecule has 0 aromatic rings. The average Bonchev–Trinajstić information content (AvgIpc) is 3.58. The number of rotatable bonds is 12. The van der Waals surface area contributed by atoms with Gasteiger partial charge in [0, 0.05) is 19.8 Å². The monoisotopic (exact) mass is 954 g/mol. The molecule has 19 nitrogen and oxygen atoms in total. The second-order valence-electron chi connectivity index (χ2n) is 23.3. The van der Waals surface area contributed by atoms with Crippen molar-refractivity contribution in [2.75, 3.05) is 13.2 Å².